The smallest absolute Gasteiger partial charge is 0.250 e. The fourth-order valence-corrected chi connectivity index (χ4v) is 6.22. The van der Waals surface area contributed by atoms with Crippen molar-refractivity contribution >= 4 is 43.2 Å². The number of primary amides is 1. The number of benzene rings is 1. The van der Waals surface area contributed by atoms with Crippen LogP contribution in [-0.4, -0.2) is 71.0 Å². The minimum Gasteiger partial charge on any atom is -0.384 e. The second kappa shape index (κ2) is 10.4. The first-order valence-corrected chi connectivity index (χ1v) is 12.9. The Morgan fingerprint density at radius 1 is 1.28 bits per heavy atom. The van der Waals surface area contributed by atoms with Crippen LogP contribution >= 0.6 is 11.3 Å². The lowest BCUT2D eigenvalue weighted by Gasteiger charge is -2.14. The minimum atomic E-state index is -4.09. The largest absolute Gasteiger partial charge is 0.384 e. The quantitative estimate of drug-likeness (QED) is 0.299. The van der Waals surface area contributed by atoms with Gasteiger partial charge in [-0.05, 0) is 18.2 Å². The first kappa shape index (κ1) is 25.3. The fourth-order valence-electron chi connectivity index (χ4n) is 3.28. The van der Waals surface area contributed by atoms with E-state index in [2.05, 4.69) is 25.4 Å². The maximum absolute atomic E-state index is 15.0. The summed E-state index contributed by atoms with van der Waals surface area (Å²) in [5.41, 5.74) is 5.84. The Bertz CT molecular complexity index is 1510. The topological polar surface area (TPSA) is 172 Å². The summed E-state index contributed by atoms with van der Waals surface area (Å²) in [5, 5.41) is 4.44. The first-order chi connectivity index (χ1) is 17.2. The van der Waals surface area contributed by atoms with Crippen LogP contribution in [0.15, 0.2) is 43.0 Å². The Morgan fingerprint density at radius 3 is 2.67 bits per heavy atom. The molecule has 4 aromatic rings. The lowest BCUT2D eigenvalue weighted by Crippen LogP contribution is -2.39. The summed E-state index contributed by atoms with van der Waals surface area (Å²) >= 11 is 0.856. The Kier molecular flexibility index (Phi) is 7.32. The van der Waals surface area contributed by atoms with E-state index in [0.29, 0.717) is 16.2 Å². The average molecular weight is 534 g/mol. The summed E-state index contributed by atoms with van der Waals surface area (Å²) in [7, 11) is -2.77. The Labute approximate surface area is 208 Å². The van der Waals surface area contributed by atoms with E-state index in [-0.39, 0.29) is 22.7 Å². The Hall–Kier alpha value is -3.82. The van der Waals surface area contributed by atoms with E-state index in [1.165, 1.54) is 36.3 Å². The number of methoxy groups -OCH3 is 1. The summed E-state index contributed by atoms with van der Waals surface area (Å²) in [6, 6.07) is 4.34. The molecule has 1 atom stereocenters. The third kappa shape index (κ3) is 5.37. The number of hydrogen-bond donors (Lipinski definition) is 2. The third-order valence-corrected chi connectivity index (χ3v) is 8.11. The molecule has 0 aliphatic carbocycles. The van der Waals surface area contributed by atoms with Crippen molar-refractivity contribution in [3.63, 3.8) is 0 Å². The van der Waals surface area contributed by atoms with Gasteiger partial charge in [-0.25, -0.2) is 32.4 Å². The Morgan fingerprint density at radius 2 is 2.03 bits per heavy atom. The number of fused-ring (bicyclic) bond motifs is 1. The zero-order chi connectivity index (χ0) is 25.9. The number of rotatable bonds is 10. The van der Waals surface area contributed by atoms with Gasteiger partial charge in [-0.2, -0.15) is 5.10 Å². The molecular formula is C21H20FN7O5S2. The van der Waals surface area contributed by atoms with Gasteiger partial charge in [-0.3, -0.25) is 9.59 Å². The lowest BCUT2D eigenvalue weighted by atomic mass is 10.1. The molecule has 0 bridgehead atoms. The van der Waals surface area contributed by atoms with Crippen LogP contribution < -0.4 is 11.1 Å². The van der Waals surface area contributed by atoms with Gasteiger partial charge >= 0.3 is 0 Å². The highest BCUT2D eigenvalue weighted by Crippen LogP contribution is 2.35. The van der Waals surface area contributed by atoms with Crippen LogP contribution in [0, 0.1) is 5.82 Å². The number of ether oxygens (including phenoxy) is 1. The minimum absolute atomic E-state index is 0.0788. The molecule has 188 valence electrons. The van der Waals surface area contributed by atoms with Crippen LogP contribution in [-0.2, 0) is 24.2 Å². The van der Waals surface area contributed by atoms with Crippen molar-refractivity contribution in [2.45, 2.75) is 5.25 Å². The van der Waals surface area contributed by atoms with E-state index in [0.717, 1.165) is 11.3 Å². The molecule has 0 saturated heterocycles. The number of aromatic nitrogens is 5. The number of carbonyl (C=O) groups excluding carboxylic acids is 2. The molecule has 0 fully saturated rings. The summed E-state index contributed by atoms with van der Waals surface area (Å²) in [4.78, 5) is 36.5. The molecule has 0 saturated carbocycles. The Balaban J connectivity index is 1.71. The van der Waals surface area contributed by atoms with Gasteiger partial charge in [-0.15, -0.1) is 11.3 Å². The second-order valence-corrected chi connectivity index (χ2v) is 10.8. The van der Waals surface area contributed by atoms with Crippen molar-refractivity contribution in [2.24, 2.45) is 5.73 Å². The molecule has 3 aromatic heterocycles. The zero-order valence-electron chi connectivity index (χ0n) is 18.8. The number of halogens is 1. The monoisotopic (exact) mass is 533 g/mol. The highest BCUT2D eigenvalue weighted by molar-refractivity contribution is 7.92. The molecule has 0 radical (unpaired) electrons. The average Bonchev–Trinajstić information content (AvgIpc) is 3.51. The van der Waals surface area contributed by atoms with Crippen LogP contribution in [0.5, 0.6) is 0 Å². The predicted octanol–water partition coefficient (Wildman–Crippen LogP) is 0.782. The van der Waals surface area contributed by atoms with E-state index in [9.17, 15) is 22.4 Å². The van der Waals surface area contributed by atoms with Crippen LogP contribution in [0.3, 0.4) is 0 Å². The summed E-state index contributed by atoms with van der Waals surface area (Å²) in [6.45, 7) is -0.701. The van der Waals surface area contributed by atoms with Gasteiger partial charge in [0.1, 0.15) is 10.8 Å². The molecule has 1 aromatic carbocycles. The number of amides is 2. The predicted molar refractivity (Wildman–Crippen MR) is 128 cm³/mol. The van der Waals surface area contributed by atoms with Crippen molar-refractivity contribution in [1.29, 1.82) is 0 Å². The van der Waals surface area contributed by atoms with Crippen molar-refractivity contribution in [1.82, 2.24) is 30.0 Å². The van der Waals surface area contributed by atoms with E-state index in [1.807, 2.05) is 0 Å². The number of sulfone groups is 1. The SMILES string of the molecule is COCCS(=O)(=O)C(C(=O)NCC(N)=O)c1nc2cc(-c3cnc(-n4cccn4)nc3)c(F)cc2s1. The highest BCUT2D eigenvalue weighted by Gasteiger charge is 2.37. The molecule has 1 unspecified atom stereocenters. The molecule has 0 aliphatic heterocycles. The number of nitrogens with zero attached hydrogens (tertiary/aromatic N) is 5. The third-order valence-electron chi connectivity index (χ3n) is 4.98. The normalized spacial score (nSPS) is 12.5. The number of nitrogens with two attached hydrogens (primary N) is 1. The van der Waals surface area contributed by atoms with Crippen molar-refractivity contribution in [3.05, 3.63) is 53.8 Å². The molecule has 2 amide bonds. The van der Waals surface area contributed by atoms with Crippen LogP contribution in [0.1, 0.15) is 10.3 Å². The van der Waals surface area contributed by atoms with Gasteiger partial charge in [0.25, 0.3) is 0 Å². The number of nitrogens with one attached hydrogen (secondary N) is 1. The summed E-state index contributed by atoms with van der Waals surface area (Å²) < 4.78 is 47.5. The summed E-state index contributed by atoms with van der Waals surface area (Å²) in [5.74, 6) is -2.58. The van der Waals surface area contributed by atoms with E-state index in [4.69, 9.17) is 10.5 Å². The van der Waals surface area contributed by atoms with Gasteiger partial charge in [0.15, 0.2) is 15.1 Å². The molecule has 3 N–H and O–H groups in total. The number of carbonyl (C=O) groups is 2. The standard InChI is InChI=1S/C21H20FN7O5S2/c1-34-5-6-36(32,33)18(19(31)24-11-17(23)30)20-28-15-7-13(14(22)8-16(15)35-20)12-9-25-21(26-10-12)29-4-2-3-27-29/h2-4,7-10,18H,5-6,11H2,1H3,(H2,23,30)(H,24,31). The first-order valence-electron chi connectivity index (χ1n) is 10.4. The zero-order valence-corrected chi connectivity index (χ0v) is 20.4. The van der Waals surface area contributed by atoms with Gasteiger partial charge in [-0.1, -0.05) is 0 Å². The van der Waals surface area contributed by atoms with Crippen LogP contribution in [0.25, 0.3) is 27.3 Å². The van der Waals surface area contributed by atoms with Gasteiger partial charge in [0.2, 0.25) is 17.8 Å². The molecule has 15 heteroatoms. The van der Waals surface area contributed by atoms with Gasteiger partial charge in [0, 0.05) is 43.0 Å². The van der Waals surface area contributed by atoms with E-state index >= 15 is 0 Å². The fraction of sp³-hybridized carbons (Fsp3) is 0.238. The molecule has 0 aliphatic rings. The molecule has 0 spiro atoms. The van der Waals surface area contributed by atoms with Crippen LogP contribution in [0.4, 0.5) is 4.39 Å². The molecule has 4 rings (SSSR count). The van der Waals surface area contributed by atoms with Crippen molar-refractivity contribution < 1.29 is 27.1 Å². The lowest BCUT2D eigenvalue weighted by molar-refractivity contribution is -0.124. The molecule has 12 nitrogen and oxygen atoms in total. The van der Waals surface area contributed by atoms with Gasteiger partial charge < -0.3 is 15.8 Å². The maximum atomic E-state index is 15.0. The second-order valence-electron chi connectivity index (χ2n) is 7.50. The van der Waals surface area contributed by atoms with Crippen LogP contribution in [0.2, 0.25) is 0 Å². The molecule has 3 heterocycles. The van der Waals surface area contributed by atoms with Crippen molar-refractivity contribution in [3.8, 4) is 17.1 Å². The number of hydrogen-bond acceptors (Lipinski definition) is 10. The number of thiazole rings is 1. The van der Waals surface area contributed by atoms with Gasteiger partial charge in [0.05, 0.1) is 29.1 Å². The van der Waals surface area contributed by atoms with E-state index in [1.54, 1.807) is 18.5 Å². The molecule has 36 heavy (non-hydrogen) atoms. The molecular weight excluding hydrogens is 513 g/mol. The highest BCUT2D eigenvalue weighted by atomic mass is 32.2. The maximum Gasteiger partial charge on any atom is 0.250 e. The van der Waals surface area contributed by atoms with Crippen molar-refractivity contribution in [2.75, 3.05) is 26.0 Å². The summed E-state index contributed by atoms with van der Waals surface area (Å²) in [6.07, 6.45) is 6.09. The van der Waals surface area contributed by atoms with E-state index < -0.39 is 45.0 Å².